The third-order valence-corrected chi connectivity index (χ3v) is 7.00. The van der Waals surface area contributed by atoms with E-state index >= 15 is 0 Å². The molecule has 5 heteroatoms. The number of aryl methyl sites for hydroxylation is 1. The van der Waals surface area contributed by atoms with Gasteiger partial charge in [-0.25, -0.2) is 0 Å². The highest BCUT2D eigenvalue weighted by atomic mass is 32.2. The van der Waals surface area contributed by atoms with Crippen molar-refractivity contribution in [3.8, 4) is 0 Å². The summed E-state index contributed by atoms with van der Waals surface area (Å²) >= 11 is 1.56. The topological polar surface area (TPSA) is 46.3 Å². The van der Waals surface area contributed by atoms with Crippen molar-refractivity contribution >= 4 is 17.7 Å². The van der Waals surface area contributed by atoms with Gasteiger partial charge >= 0.3 is 0 Å². The predicted octanol–water partition coefficient (Wildman–Crippen LogP) is 7.32. The summed E-state index contributed by atoms with van der Waals surface area (Å²) in [6.45, 7) is 9.80. The van der Waals surface area contributed by atoms with E-state index in [9.17, 15) is 4.79 Å². The highest BCUT2D eigenvalue weighted by molar-refractivity contribution is 7.99. The minimum atomic E-state index is -0.114. The molecule has 0 unspecified atom stereocenters. The van der Waals surface area contributed by atoms with Crippen molar-refractivity contribution in [3.05, 3.63) is 113 Å². The second kappa shape index (κ2) is 11.0. The summed E-state index contributed by atoms with van der Waals surface area (Å²) in [6, 6.07) is 26.1. The molecule has 2 heterocycles. The maximum Gasteiger partial charge on any atom is 0.289 e. The fourth-order valence-electron chi connectivity index (χ4n) is 3.78. The molecule has 0 spiro atoms. The Bertz CT molecular complexity index is 1260. The molecule has 180 valence electrons. The van der Waals surface area contributed by atoms with E-state index in [1.54, 1.807) is 24.0 Å². The van der Waals surface area contributed by atoms with Crippen molar-refractivity contribution in [2.24, 2.45) is 0 Å². The molecule has 2 aromatic carbocycles. The summed E-state index contributed by atoms with van der Waals surface area (Å²) in [6.07, 6.45) is 2.46. The van der Waals surface area contributed by atoms with Crippen LogP contribution in [0.2, 0.25) is 0 Å². The van der Waals surface area contributed by atoms with Crippen LogP contribution in [-0.4, -0.2) is 22.3 Å². The van der Waals surface area contributed by atoms with Crippen molar-refractivity contribution in [2.75, 3.05) is 6.54 Å². The van der Waals surface area contributed by atoms with Crippen LogP contribution >= 0.6 is 11.8 Å². The van der Waals surface area contributed by atoms with Gasteiger partial charge in [-0.2, -0.15) is 0 Å². The normalized spacial score (nSPS) is 11.4. The molecular weight excluding hydrogens is 452 g/mol. The number of furan rings is 1. The molecule has 4 aromatic rings. The Kier molecular flexibility index (Phi) is 7.76. The summed E-state index contributed by atoms with van der Waals surface area (Å²) in [4.78, 5) is 20.9. The molecule has 0 saturated heterocycles. The first-order chi connectivity index (χ1) is 16.8. The van der Waals surface area contributed by atoms with Gasteiger partial charge in [0.2, 0.25) is 0 Å². The van der Waals surface area contributed by atoms with Crippen LogP contribution < -0.4 is 0 Å². The largest absolute Gasteiger partial charge is 0.444 e. The Morgan fingerprint density at radius 1 is 0.971 bits per heavy atom. The molecular formula is C30H32N2O2S. The molecule has 0 aliphatic heterocycles. The molecule has 0 fully saturated rings. The number of carbonyl (C=O) groups excluding carboxylic acids is 1. The van der Waals surface area contributed by atoms with Crippen molar-refractivity contribution in [3.63, 3.8) is 0 Å². The minimum absolute atomic E-state index is 0.0683. The minimum Gasteiger partial charge on any atom is -0.444 e. The van der Waals surface area contributed by atoms with Gasteiger partial charge in [-0.15, -0.1) is 0 Å². The number of hydrogen-bond acceptors (Lipinski definition) is 4. The Balaban J connectivity index is 1.52. The Labute approximate surface area is 212 Å². The molecule has 4 nitrogen and oxygen atoms in total. The van der Waals surface area contributed by atoms with E-state index in [1.165, 1.54) is 11.1 Å². The van der Waals surface area contributed by atoms with Crippen molar-refractivity contribution in [1.82, 2.24) is 9.88 Å². The highest BCUT2D eigenvalue weighted by Gasteiger charge is 2.21. The summed E-state index contributed by atoms with van der Waals surface area (Å²) in [5, 5.41) is 0.715. The first-order valence-corrected chi connectivity index (χ1v) is 12.7. The third-order valence-electron chi connectivity index (χ3n) is 5.92. The third kappa shape index (κ3) is 6.64. The lowest BCUT2D eigenvalue weighted by atomic mass is 9.87. The van der Waals surface area contributed by atoms with Gasteiger partial charge in [0.25, 0.3) is 5.91 Å². The highest BCUT2D eigenvalue weighted by Crippen LogP contribution is 2.35. The first kappa shape index (κ1) is 24.8. The second-order valence-corrected chi connectivity index (χ2v) is 10.8. The van der Waals surface area contributed by atoms with Crippen molar-refractivity contribution in [2.45, 2.75) is 56.1 Å². The number of benzene rings is 2. The average Bonchev–Trinajstić information content (AvgIpc) is 3.32. The van der Waals surface area contributed by atoms with Crippen LogP contribution in [-0.2, 0) is 18.4 Å². The zero-order valence-corrected chi connectivity index (χ0v) is 21.6. The van der Waals surface area contributed by atoms with Gasteiger partial charge in [0.15, 0.2) is 10.9 Å². The number of aromatic nitrogens is 1. The van der Waals surface area contributed by atoms with E-state index in [2.05, 4.69) is 50.9 Å². The van der Waals surface area contributed by atoms with E-state index in [0.29, 0.717) is 30.4 Å². The van der Waals surface area contributed by atoms with Gasteiger partial charge in [0.05, 0.1) is 0 Å². The van der Waals surface area contributed by atoms with Gasteiger partial charge in [-0.3, -0.25) is 9.78 Å². The standard InChI is InChI=1S/C30H32N2O2S/c1-22-13-14-24(30(2,3)4)20-27(22)35-28-16-15-26(34-28)29(33)32(21-23-10-6-5-7-11-23)19-17-25-12-8-9-18-31-25/h5-16,18,20H,17,19,21H2,1-4H3. The molecule has 0 N–H and O–H groups in total. The fourth-order valence-corrected chi connectivity index (χ4v) is 4.68. The smallest absolute Gasteiger partial charge is 0.289 e. The summed E-state index contributed by atoms with van der Waals surface area (Å²) in [7, 11) is 0. The molecule has 1 amide bonds. The lowest BCUT2D eigenvalue weighted by Gasteiger charge is -2.22. The van der Waals surface area contributed by atoms with Gasteiger partial charge in [0.1, 0.15) is 0 Å². The van der Waals surface area contributed by atoms with Crippen LogP contribution in [0, 0.1) is 6.92 Å². The number of amides is 1. The molecule has 35 heavy (non-hydrogen) atoms. The van der Waals surface area contributed by atoms with Crippen LogP contribution in [0.25, 0.3) is 0 Å². The van der Waals surface area contributed by atoms with Crippen LogP contribution in [0.3, 0.4) is 0 Å². The molecule has 0 aliphatic rings. The van der Waals surface area contributed by atoms with Crippen LogP contribution in [0.15, 0.2) is 99.5 Å². The maximum atomic E-state index is 13.5. The van der Waals surface area contributed by atoms with Crippen LogP contribution in [0.5, 0.6) is 0 Å². The van der Waals surface area contributed by atoms with E-state index in [4.69, 9.17) is 4.42 Å². The summed E-state index contributed by atoms with van der Waals surface area (Å²) in [5.74, 6) is 0.242. The second-order valence-electron chi connectivity index (χ2n) is 9.73. The SMILES string of the molecule is Cc1ccc(C(C)(C)C)cc1Sc1ccc(C(=O)N(CCc2ccccn2)Cc2ccccc2)o1. The molecule has 0 saturated carbocycles. The van der Waals surface area contributed by atoms with Crippen molar-refractivity contribution < 1.29 is 9.21 Å². The van der Waals surface area contributed by atoms with E-state index in [-0.39, 0.29) is 11.3 Å². The molecule has 0 bridgehead atoms. The zero-order valence-electron chi connectivity index (χ0n) is 20.8. The lowest BCUT2D eigenvalue weighted by Crippen LogP contribution is -2.32. The van der Waals surface area contributed by atoms with Gasteiger partial charge < -0.3 is 9.32 Å². The van der Waals surface area contributed by atoms with Gasteiger partial charge in [0, 0.05) is 36.3 Å². The van der Waals surface area contributed by atoms with Crippen molar-refractivity contribution in [1.29, 1.82) is 0 Å². The van der Waals surface area contributed by atoms with Crippen LogP contribution in [0.4, 0.5) is 0 Å². The first-order valence-electron chi connectivity index (χ1n) is 11.9. The molecule has 2 aromatic heterocycles. The fraction of sp³-hybridized carbons (Fsp3) is 0.267. The molecule has 0 atom stereocenters. The van der Waals surface area contributed by atoms with E-state index in [1.807, 2.05) is 59.5 Å². The van der Waals surface area contributed by atoms with E-state index < -0.39 is 0 Å². The number of pyridine rings is 1. The quantitative estimate of drug-likeness (QED) is 0.263. The molecule has 0 radical (unpaired) electrons. The number of nitrogens with zero attached hydrogens (tertiary/aromatic N) is 2. The predicted molar refractivity (Wildman–Crippen MR) is 142 cm³/mol. The Hall–Kier alpha value is -3.31. The number of carbonyl (C=O) groups is 1. The summed E-state index contributed by atoms with van der Waals surface area (Å²) in [5.41, 5.74) is 4.57. The van der Waals surface area contributed by atoms with Gasteiger partial charge in [-0.05, 0) is 59.4 Å². The molecule has 0 aliphatic carbocycles. The lowest BCUT2D eigenvalue weighted by molar-refractivity contribution is 0.0707. The number of hydrogen-bond donors (Lipinski definition) is 0. The van der Waals surface area contributed by atoms with Crippen LogP contribution in [0.1, 0.15) is 53.7 Å². The summed E-state index contributed by atoms with van der Waals surface area (Å²) < 4.78 is 6.06. The molecule has 4 rings (SSSR count). The number of rotatable bonds is 8. The van der Waals surface area contributed by atoms with Gasteiger partial charge in [-0.1, -0.05) is 81.1 Å². The Morgan fingerprint density at radius 2 is 1.74 bits per heavy atom. The monoisotopic (exact) mass is 484 g/mol. The average molecular weight is 485 g/mol. The Morgan fingerprint density at radius 3 is 2.46 bits per heavy atom. The van der Waals surface area contributed by atoms with E-state index in [0.717, 1.165) is 16.2 Å². The maximum absolute atomic E-state index is 13.5. The zero-order chi connectivity index (χ0) is 24.8.